The fourth-order valence-corrected chi connectivity index (χ4v) is 5.00. The van der Waals surface area contributed by atoms with E-state index in [2.05, 4.69) is 0 Å². The Labute approximate surface area is 149 Å². The molecule has 3 aliphatic rings. The van der Waals surface area contributed by atoms with Gasteiger partial charge in [-0.05, 0) is 45.4 Å². The van der Waals surface area contributed by atoms with E-state index in [0.29, 0.717) is 12.3 Å². The molecular weight excluding hydrogens is 320 g/mol. The third-order valence-electron chi connectivity index (χ3n) is 6.11. The first-order valence-corrected chi connectivity index (χ1v) is 9.82. The molecule has 3 rings (SSSR count). The van der Waals surface area contributed by atoms with Gasteiger partial charge in [0.25, 0.3) is 0 Å². The molecule has 3 fully saturated rings. The molecule has 0 spiro atoms. The van der Waals surface area contributed by atoms with Gasteiger partial charge in [0, 0.05) is 6.04 Å². The van der Waals surface area contributed by atoms with Gasteiger partial charge in [0.15, 0.2) is 0 Å². The Hall–Kier alpha value is -1.59. The molecule has 0 aromatic rings. The zero-order valence-corrected chi connectivity index (χ0v) is 15.6. The summed E-state index contributed by atoms with van der Waals surface area (Å²) in [6.07, 6.45) is 6.46. The first kappa shape index (κ1) is 18.2. The number of esters is 1. The van der Waals surface area contributed by atoms with Crippen LogP contribution in [-0.2, 0) is 19.1 Å². The van der Waals surface area contributed by atoms with Gasteiger partial charge in [-0.25, -0.2) is 4.79 Å². The van der Waals surface area contributed by atoms with E-state index in [1.165, 1.54) is 11.3 Å². The smallest absolute Gasteiger partial charge is 0.328 e. The highest BCUT2D eigenvalue weighted by atomic mass is 16.5. The average Bonchev–Trinajstić information content (AvgIpc) is 2.99. The molecule has 0 aromatic carbocycles. The minimum Gasteiger partial charge on any atom is -0.464 e. The number of ether oxygens (including phenoxy) is 1. The molecule has 6 heteroatoms. The predicted molar refractivity (Wildman–Crippen MR) is 92.6 cm³/mol. The summed E-state index contributed by atoms with van der Waals surface area (Å²) >= 11 is 0. The van der Waals surface area contributed by atoms with E-state index < -0.39 is 12.1 Å². The molecule has 0 unspecified atom stereocenters. The largest absolute Gasteiger partial charge is 0.464 e. The average molecular weight is 350 g/mol. The fourth-order valence-electron chi connectivity index (χ4n) is 5.00. The van der Waals surface area contributed by atoms with E-state index in [1.54, 1.807) is 13.8 Å². The monoisotopic (exact) mass is 350 g/mol. The van der Waals surface area contributed by atoms with Crippen LogP contribution in [0.1, 0.15) is 65.7 Å². The van der Waals surface area contributed by atoms with Crippen molar-refractivity contribution in [3.8, 4) is 0 Å². The van der Waals surface area contributed by atoms with E-state index in [0.717, 1.165) is 32.1 Å². The van der Waals surface area contributed by atoms with Crippen LogP contribution in [0.2, 0.25) is 0 Å². The lowest BCUT2D eigenvalue weighted by Crippen LogP contribution is -2.67. The summed E-state index contributed by atoms with van der Waals surface area (Å²) in [4.78, 5) is 42.2. The Morgan fingerprint density at radius 1 is 1.20 bits per heavy atom. The van der Waals surface area contributed by atoms with E-state index in [1.807, 2.05) is 11.8 Å². The van der Waals surface area contributed by atoms with Crippen LogP contribution < -0.4 is 0 Å². The minimum atomic E-state index is -0.652. The predicted octanol–water partition coefficient (Wildman–Crippen LogP) is 2.11. The van der Waals surface area contributed by atoms with Gasteiger partial charge >= 0.3 is 5.97 Å². The number of nitrogens with zero attached hydrogens (tertiary/aromatic N) is 2. The van der Waals surface area contributed by atoms with Gasteiger partial charge < -0.3 is 14.5 Å². The minimum absolute atomic E-state index is 0.00408. The second-order valence-electron chi connectivity index (χ2n) is 7.59. The lowest BCUT2D eigenvalue weighted by atomic mass is 9.85. The third-order valence-corrected chi connectivity index (χ3v) is 6.11. The Morgan fingerprint density at radius 2 is 1.92 bits per heavy atom. The van der Waals surface area contributed by atoms with Crippen LogP contribution in [0.15, 0.2) is 0 Å². The van der Waals surface area contributed by atoms with Crippen molar-refractivity contribution in [2.75, 3.05) is 6.61 Å². The van der Waals surface area contributed by atoms with Crippen LogP contribution in [0.25, 0.3) is 0 Å². The number of amides is 2. The van der Waals surface area contributed by atoms with E-state index in [9.17, 15) is 14.4 Å². The summed E-state index contributed by atoms with van der Waals surface area (Å²) in [5.41, 5.74) is 0. The molecule has 2 heterocycles. The first-order valence-electron chi connectivity index (χ1n) is 9.82. The zero-order chi connectivity index (χ0) is 18.1. The number of hydrogen-bond donors (Lipinski definition) is 0. The number of fused-ring (bicyclic) bond motifs is 3. The Balaban J connectivity index is 1.88. The summed E-state index contributed by atoms with van der Waals surface area (Å²) in [6.45, 7) is 5.78. The van der Waals surface area contributed by atoms with Crippen molar-refractivity contribution in [1.82, 2.24) is 9.80 Å². The standard InChI is InChI=1S/C19H30N2O4/c1-4-8-15(19(24)25-5-2)20-12(3)17(22)21-14-10-7-6-9-13(14)11-16(21)18(20)23/h12-16H,4-11H2,1-3H3/t12-,13+,14+,15+,16+/m0/s1. The molecule has 25 heavy (non-hydrogen) atoms. The second-order valence-corrected chi connectivity index (χ2v) is 7.59. The second kappa shape index (κ2) is 7.34. The summed E-state index contributed by atoms with van der Waals surface area (Å²) in [7, 11) is 0. The molecule has 0 bridgehead atoms. The summed E-state index contributed by atoms with van der Waals surface area (Å²) in [5.74, 6) is -0.00960. The first-order chi connectivity index (χ1) is 12.0. The van der Waals surface area contributed by atoms with Crippen molar-refractivity contribution >= 4 is 17.8 Å². The molecule has 2 aliphatic heterocycles. The molecule has 1 saturated carbocycles. The van der Waals surface area contributed by atoms with Gasteiger partial charge in [-0.15, -0.1) is 0 Å². The van der Waals surface area contributed by atoms with Gasteiger partial charge in [0.1, 0.15) is 18.1 Å². The molecule has 5 atom stereocenters. The van der Waals surface area contributed by atoms with Crippen molar-refractivity contribution in [3.05, 3.63) is 0 Å². The van der Waals surface area contributed by atoms with Crippen LogP contribution >= 0.6 is 0 Å². The van der Waals surface area contributed by atoms with Crippen LogP contribution in [0, 0.1) is 5.92 Å². The zero-order valence-electron chi connectivity index (χ0n) is 15.6. The Morgan fingerprint density at radius 3 is 2.60 bits per heavy atom. The molecule has 140 valence electrons. The molecule has 2 amide bonds. The number of carbonyl (C=O) groups excluding carboxylic acids is 3. The quantitative estimate of drug-likeness (QED) is 0.712. The van der Waals surface area contributed by atoms with Crippen molar-refractivity contribution in [1.29, 1.82) is 0 Å². The highest BCUT2D eigenvalue weighted by molar-refractivity contribution is 5.99. The third kappa shape index (κ3) is 3.04. The summed E-state index contributed by atoms with van der Waals surface area (Å²) in [5, 5.41) is 0. The highest BCUT2D eigenvalue weighted by Crippen LogP contribution is 2.43. The maximum Gasteiger partial charge on any atom is 0.328 e. The van der Waals surface area contributed by atoms with Crippen LogP contribution in [0.3, 0.4) is 0 Å². The van der Waals surface area contributed by atoms with Crippen molar-refractivity contribution in [2.24, 2.45) is 5.92 Å². The molecule has 0 aromatic heterocycles. The van der Waals surface area contributed by atoms with Gasteiger partial charge in [-0.1, -0.05) is 26.2 Å². The topological polar surface area (TPSA) is 66.9 Å². The normalized spacial score (nSPS) is 33.1. The van der Waals surface area contributed by atoms with Crippen molar-refractivity contribution in [3.63, 3.8) is 0 Å². The number of rotatable bonds is 5. The van der Waals surface area contributed by atoms with Crippen molar-refractivity contribution in [2.45, 2.75) is 89.9 Å². The van der Waals surface area contributed by atoms with E-state index in [-0.39, 0.29) is 36.5 Å². The maximum atomic E-state index is 13.3. The summed E-state index contributed by atoms with van der Waals surface area (Å²) < 4.78 is 5.19. The van der Waals surface area contributed by atoms with Gasteiger partial charge in [0.05, 0.1) is 6.61 Å². The Kier molecular flexibility index (Phi) is 5.35. The number of hydrogen-bond acceptors (Lipinski definition) is 4. The lowest BCUT2D eigenvalue weighted by molar-refractivity contribution is -0.170. The van der Waals surface area contributed by atoms with Crippen LogP contribution in [-0.4, -0.2) is 58.4 Å². The summed E-state index contributed by atoms with van der Waals surface area (Å²) in [6, 6.07) is -1.41. The van der Waals surface area contributed by atoms with Gasteiger partial charge in [0.2, 0.25) is 11.8 Å². The molecule has 0 radical (unpaired) electrons. The lowest BCUT2D eigenvalue weighted by Gasteiger charge is -2.45. The SMILES string of the molecule is CCC[C@H](C(=O)OCC)N1C(=O)[C@H]2C[C@H]3CCCC[C@H]3N2C(=O)[C@@H]1C. The molecule has 6 nitrogen and oxygen atoms in total. The number of carbonyl (C=O) groups is 3. The molecule has 2 saturated heterocycles. The van der Waals surface area contributed by atoms with Crippen LogP contribution in [0.4, 0.5) is 0 Å². The van der Waals surface area contributed by atoms with E-state index in [4.69, 9.17) is 4.74 Å². The number of piperazine rings is 1. The fraction of sp³-hybridized carbons (Fsp3) is 0.842. The molecular formula is C19H30N2O4. The molecule has 0 N–H and O–H groups in total. The van der Waals surface area contributed by atoms with Crippen molar-refractivity contribution < 1.29 is 19.1 Å². The highest BCUT2D eigenvalue weighted by Gasteiger charge is 2.55. The van der Waals surface area contributed by atoms with E-state index >= 15 is 0 Å². The van der Waals surface area contributed by atoms with Gasteiger partial charge in [-0.3, -0.25) is 9.59 Å². The van der Waals surface area contributed by atoms with Crippen LogP contribution in [0.5, 0.6) is 0 Å². The Bertz CT molecular complexity index is 550. The molecule has 1 aliphatic carbocycles. The van der Waals surface area contributed by atoms with Gasteiger partial charge in [-0.2, -0.15) is 0 Å². The maximum absolute atomic E-state index is 13.3.